The first-order valence-corrected chi connectivity index (χ1v) is 12.5. The van der Waals surface area contributed by atoms with E-state index < -0.39 is 8.07 Å². The van der Waals surface area contributed by atoms with Crippen molar-refractivity contribution in [3.05, 3.63) is 74.3 Å². The van der Waals surface area contributed by atoms with Crippen molar-refractivity contribution in [2.75, 3.05) is 0 Å². The molecule has 6 rings (SSSR count). The van der Waals surface area contributed by atoms with Crippen LogP contribution >= 0.6 is 0 Å². The van der Waals surface area contributed by atoms with Crippen molar-refractivity contribution in [1.82, 2.24) is 0 Å². The Hall–Kier alpha value is -1.05. The number of allylic oxidation sites excluding steroid dienone is 6. The fourth-order valence-electron chi connectivity index (χ4n) is 4.41. The molecule has 0 N–H and O–H groups in total. The van der Waals surface area contributed by atoms with Crippen molar-refractivity contribution in [1.29, 1.82) is 0 Å². The predicted molar refractivity (Wildman–Crippen MR) is 96.6 cm³/mol. The number of fused-ring (bicyclic) bond motifs is 1. The molecule has 2 aliphatic carbocycles. The van der Waals surface area contributed by atoms with Crippen molar-refractivity contribution in [2.24, 2.45) is 4.99 Å². The van der Waals surface area contributed by atoms with Gasteiger partial charge in [0.2, 0.25) is 0 Å². The molecule has 3 heterocycles. The van der Waals surface area contributed by atoms with Crippen LogP contribution in [0, 0.1) is 0 Å². The summed E-state index contributed by atoms with van der Waals surface area (Å²) in [6, 6.07) is 8.67. The minimum atomic E-state index is -1.11. The van der Waals surface area contributed by atoms with Gasteiger partial charge in [-0.2, -0.15) is 0 Å². The molecule has 5 aliphatic rings. The molecule has 3 heteroatoms. The van der Waals surface area contributed by atoms with Gasteiger partial charge in [0.25, 0.3) is 0 Å². The van der Waals surface area contributed by atoms with E-state index in [4.69, 9.17) is 0 Å². The van der Waals surface area contributed by atoms with Crippen LogP contribution in [0.1, 0.15) is 28.6 Å². The normalized spacial score (nSPS) is 24.6. The van der Waals surface area contributed by atoms with Gasteiger partial charge in [0.05, 0.1) is 0 Å². The third kappa shape index (κ3) is 2.09. The average Bonchev–Trinajstić information content (AvgIpc) is 3.18. The minimum absolute atomic E-state index is 0.721. The Morgan fingerprint density at radius 2 is 1.83 bits per heavy atom. The Morgan fingerprint density at radius 3 is 2.48 bits per heavy atom. The molecule has 3 aliphatic heterocycles. The number of hydrogen-bond donors (Lipinski definition) is 0. The molecular formula is C20H20NSiZr. The Labute approximate surface area is 154 Å². The zero-order chi connectivity index (χ0) is 16.4. The van der Waals surface area contributed by atoms with E-state index in [1.807, 2.05) is 12.4 Å². The summed E-state index contributed by atoms with van der Waals surface area (Å²) >= 11 is 1.60. The van der Waals surface area contributed by atoms with E-state index in [1.165, 1.54) is 27.8 Å². The quantitative estimate of drug-likeness (QED) is 0.546. The number of hydrogen-bond acceptors (Lipinski definition) is 1. The van der Waals surface area contributed by atoms with Crippen LogP contribution in [0.4, 0.5) is 0 Å². The Morgan fingerprint density at radius 1 is 1.09 bits per heavy atom. The van der Waals surface area contributed by atoms with Crippen LogP contribution in [0.5, 0.6) is 0 Å². The maximum atomic E-state index is 4.19. The van der Waals surface area contributed by atoms with Gasteiger partial charge >= 0.3 is 82.3 Å². The van der Waals surface area contributed by atoms with E-state index in [9.17, 15) is 0 Å². The van der Waals surface area contributed by atoms with Gasteiger partial charge in [-0.25, -0.2) is 0 Å². The van der Waals surface area contributed by atoms with Crippen molar-refractivity contribution in [3.8, 4) is 0 Å². The molecule has 0 spiro atoms. The van der Waals surface area contributed by atoms with Crippen LogP contribution in [0.25, 0.3) is 6.08 Å². The SMILES string of the molecule is CC1=C2C3=CN=CC3=C1[Si]2(C)C.CC1=Cc2ccccc2[CH]1[Zr]. The second-order valence-electron chi connectivity index (χ2n) is 7.18. The molecule has 1 aromatic carbocycles. The molecule has 0 radical (unpaired) electrons. The average molecular weight is 394 g/mol. The number of aliphatic imine (C=N–C) groups is 1. The zero-order valence-electron chi connectivity index (χ0n) is 14.1. The molecule has 1 aromatic rings. The van der Waals surface area contributed by atoms with E-state index in [1.54, 1.807) is 40.7 Å². The number of nitrogens with zero attached hydrogens (tertiary/aromatic N) is 1. The third-order valence-electron chi connectivity index (χ3n) is 5.38. The molecule has 0 aromatic heterocycles. The van der Waals surface area contributed by atoms with Crippen molar-refractivity contribution in [3.63, 3.8) is 0 Å². The number of benzene rings is 1. The molecule has 1 unspecified atom stereocenters. The maximum absolute atomic E-state index is 4.19. The molecule has 1 atom stereocenters. The standard InChI is InChI=1S/C10H11NSi.C10H9.Zr/c1-6-9-7-4-11-5-8(7)10(6)12(9,2)3;1-8-6-9-4-2-3-5-10(9)7-8;/h4-5H,1-3H3;2-7H,1H3;. The summed E-state index contributed by atoms with van der Waals surface area (Å²) in [5.74, 6) is 0. The Kier molecular flexibility index (Phi) is 3.52. The summed E-state index contributed by atoms with van der Waals surface area (Å²) in [7, 11) is -1.11. The van der Waals surface area contributed by atoms with Crippen LogP contribution in [0.3, 0.4) is 0 Å². The van der Waals surface area contributed by atoms with Crippen LogP contribution in [0.15, 0.2) is 68.1 Å². The van der Waals surface area contributed by atoms with Crippen LogP contribution in [-0.4, -0.2) is 14.3 Å². The topological polar surface area (TPSA) is 12.4 Å². The van der Waals surface area contributed by atoms with Crippen LogP contribution in [0.2, 0.25) is 13.1 Å². The van der Waals surface area contributed by atoms with Gasteiger partial charge < -0.3 is 0 Å². The van der Waals surface area contributed by atoms with Gasteiger partial charge in [-0.3, -0.25) is 4.99 Å². The van der Waals surface area contributed by atoms with Crippen molar-refractivity contribution < 1.29 is 24.7 Å². The van der Waals surface area contributed by atoms with Gasteiger partial charge in [0.1, 0.15) is 8.07 Å². The summed E-state index contributed by atoms with van der Waals surface area (Å²) in [6.45, 7) is 9.34. The molecule has 2 bridgehead atoms. The monoisotopic (exact) mass is 392 g/mol. The zero-order valence-corrected chi connectivity index (χ0v) is 17.5. The van der Waals surface area contributed by atoms with E-state index in [-0.39, 0.29) is 0 Å². The van der Waals surface area contributed by atoms with Crippen molar-refractivity contribution >= 4 is 20.4 Å². The predicted octanol–water partition coefficient (Wildman–Crippen LogP) is 5.07. The van der Waals surface area contributed by atoms with Gasteiger partial charge in [-0.1, -0.05) is 18.7 Å². The first-order chi connectivity index (χ1) is 10.9. The van der Waals surface area contributed by atoms with E-state index in [2.05, 4.69) is 62.3 Å². The van der Waals surface area contributed by atoms with E-state index in [0.717, 1.165) is 3.63 Å². The molecule has 1 nitrogen and oxygen atoms in total. The third-order valence-corrected chi connectivity index (χ3v) is 11.1. The van der Waals surface area contributed by atoms with Gasteiger partial charge in [0.15, 0.2) is 0 Å². The van der Waals surface area contributed by atoms with Gasteiger partial charge in [0, 0.05) is 23.6 Å². The molecule has 0 amide bonds. The molecule has 0 saturated carbocycles. The van der Waals surface area contributed by atoms with E-state index in [0.29, 0.717) is 0 Å². The molecule has 0 saturated heterocycles. The summed E-state index contributed by atoms with van der Waals surface area (Å²) < 4.78 is 0.721. The molecule has 23 heavy (non-hydrogen) atoms. The molecule has 0 fully saturated rings. The Bertz CT molecular complexity index is 881. The second kappa shape index (κ2) is 5.22. The van der Waals surface area contributed by atoms with Crippen LogP contribution in [-0.2, 0) is 24.7 Å². The van der Waals surface area contributed by atoms with Gasteiger partial charge in [-0.05, 0) is 17.3 Å². The van der Waals surface area contributed by atoms with Gasteiger partial charge in [-0.15, -0.1) is 0 Å². The van der Waals surface area contributed by atoms with E-state index >= 15 is 0 Å². The summed E-state index contributed by atoms with van der Waals surface area (Å²) in [6.07, 6.45) is 6.36. The molecular weight excluding hydrogens is 374 g/mol. The first kappa shape index (κ1) is 15.5. The summed E-state index contributed by atoms with van der Waals surface area (Å²) in [4.78, 5) is 4.19. The number of rotatable bonds is 0. The van der Waals surface area contributed by atoms with Crippen molar-refractivity contribution in [2.45, 2.75) is 30.6 Å². The summed E-state index contributed by atoms with van der Waals surface area (Å²) in [5, 5.41) is 3.31. The Balaban J connectivity index is 0.000000118. The second-order valence-corrected chi connectivity index (χ2v) is 12.9. The fraction of sp³-hybridized carbons (Fsp3) is 0.250. The summed E-state index contributed by atoms with van der Waals surface area (Å²) in [5.41, 5.74) is 8.90. The first-order valence-electron chi connectivity index (χ1n) is 8.11. The fourth-order valence-corrected chi connectivity index (χ4v) is 9.19. The molecule has 113 valence electrons. The van der Waals surface area contributed by atoms with Crippen LogP contribution < -0.4 is 0 Å².